The zero-order chi connectivity index (χ0) is 17.6. The second kappa shape index (κ2) is 8.48. The summed E-state index contributed by atoms with van der Waals surface area (Å²) in [4.78, 5) is 10.2. The van der Waals surface area contributed by atoms with Crippen molar-refractivity contribution in [3.05, 3.63) is 51.5 Å². The Bertz CT molecular complexity index is 680. The van der Waals surface area contributed by atoms with Crippen LogP contribution in [0, 0.1) is 13.8 Å². The van der Waals surface area contributed by atoms with Crippen molar-refractivity contribution in [1.29, 1.82) is 0 Å². The highest BCUT2D eigenvalue weighted by Crippen LogP contribution is 2.32. The third-order valence-corrected chi connectivity index (χ3v) is 6.12. The number of hydrogen-bond acceptors (Lipinski definition) is 3. The van der Waals surface area contributed by atoms with E-state index in [1.807, 2.05) is 7.05 Å². The number of aliphatic imine (C=N–C) groups is 1. The van der Waals surface area contributed by atoms with Crippen molar-refractivity contribution >= 4 is 17.3 Å². The van der Waals surface area contributed by atoms with Crippen LogP contribution in [0.15, 0.2) is 35.3 Å². The van der Waals surface area contributed by atoms with E-state index in [-0.39, 0.29) is 0 Å². The lowest BCUT2D eigenvalue weighted by molar-refractivity contribution is 0.371. The molecule has 0 unspecified atom stereocenters. The quantitative estimate of drug-likeness (QED) is 0.639. The number of nitrogens with one attached hydrogen (secondary N) is 2. The third kappa shape index (κ3) is 4.82. The van der Waals surface area contributed by atoms with Crippen molar-refractivity contribution in [2.24, 2.45) is 4.99 Å². The Balaban J connectivity index is 1.47. The van der Waals surface area contributed by atoms with E-state index in [4.69, 9.17) is 0 Å². The smallest absolute Gasteiger partial charge is 0.191 e. The summed E-state index contributed by atoms with van der Waals surface area (Å²) in [5.74, 6) is 1.59. The predicted octanol–water partition coefficient (Wildman–Crippen LogP) is 4.15. The molecular weight excluding hydrogens is 328 g/mol. The second-order valence-corrected chi connectivity index (χ2v) is 8.07. The molecule has 134 valence electrons. The topological polar surface area (TPSA) is 49.3 Å². The minimum Gasteiger partial charge on any atom is -0.354 e. The fourth-order valence-corrected chi connectivity index (χ4v) is 4.33. The zero-order valence-corrected chi connectivity index (χ0v) is 16.2. The monoisotopic (exact) mass is 356 g/mol. The average Bonchev–Trinajstić information content (AvgIpc) is 2.97. The summed E-state index contributed by atoms with van der Waals surface area (Å²) in [5.41, 5.74) is 2.61. The van der Waals surface area contributed by atoms with Gasteiger partial charge in [0.15, 0.2) is 5.96 Å². The maximum Gasteiger partial charge on any atom is 0.191 e. The fraction of sp³-hybridized carbons (Fsp3) is 0.500. The van der Waals surface area contributed by atoms with Gasteiger partial charge < -0.3 is 10.6 Å². The molecule has 1 aliphatic rings. The minimum absolute atomic E-state index is 0.505. The van der Waals surface area contributed by atoms with Crippen LogP contribution in [0.3, 0.4) is 0 Å². The van der Waals surface area contributed by atoms with Crippen molar-refractivity contribution in [2.75, 3.05) is 7.05 Å². The first-order valence-electron chi connectivity index (χ1n) is 9.10. The van der Waals surface area contributed by atoms with Crippen molar-refractivity contribution in [3.8, 4) is 0 Å². The molecule has 0 amide bonds. The Kier molecular flexibility index (Phi) is 6.08. The molecular formula is C20H28N4S. The van der Waals surface area contributed by atoms with Gasteiger partial charge in [0.1, 0.15) is 5.01 Å². The summed E-state index contributed by atoms with van der Waals surface area (Å²) < 4.78 is 0. The van der Waals surface area contributed by atoms with Crippen LogP contribution in [-0.2, 0) is 6.54 Å². The molecule has 5 heteroatoms. The largest absolute Gasteiger partial charge is 0.354 e. The summed E-state index contributed by atoms with van der Waals surface area (Å²) in [6.07, 6.45) is 4.86. The van der Waals surface area contributed by atoms with Gasteiger partial charge in [0.05, 0.1) is 12.2 Å². The average molecular weight is 357 g/mol. The molecule has 0 radical (unpaired) electrons. The van der Waals surface area contributed by atoms with Gasteiger partial charge in [0.2, 0.25) is 0 Å². The summed E-state index contributed by atoms with van der Waals surface area (Å²) in [5, 5.41) is 8.10. The van der Waals surface area contributed by atoms with Crippen LogP contribution in [0.1, 0.15) is 52.7 Å². The van der Waals surface area contributed by atoms with Gasteiger partial charge in [-0.3, -0.25) is 4.99 Å². The van der Waals surface area contributed by atoms with Gasteiger partial charge in [-0.1, -0.05) is 30.3 Å². The summed E-state index contributed by atoms with van der Waals surface area (Å²) in [6.45, 7) is 4.92. The van der Waals surface area contributed by atoms with Gasteiger partial charge in [0, 0.05) is 18.0 Å². The minimum atomic E-state index is 0.505. The summed E-state index contributed by atoms with van der Waals surface area (Å²) >= 11 is 1.75. The van der Waals surface area contributed by atoms with E-state index in [9.17, 15) is 0 Å². The molecule has 0 atom stereocenters. The Morgan fingerprint density at radius 2 is 1.88 bits per heavy atom. The molecule has 3 rings (SSSR count). The summed E-state index contributed by atoms with van der Waals surface area (Å²) in [6, 6.07) is 11.4. The molecule has 0 spiro atoms. The van der Waals surface area contributed by atoms with Crippen LogP contribution in [0.4, 0.5) is 0 Å². The first-order valence-corrected chi connectivity index (χ1v) is 9.92. The lowest BCUT2D eigenvalue weighted by Gasteiger charge is -2.30. The van der Waals surface area contributed by atoms with Crippen LogP contribution in [0.5, 0.6) is 0 Å². The first-order chi connectivity index (χ1) is 12.2. The molecule has 1 heterocycles. The standard InChI is InChI=1S/C20H28N4S/c1-14-15(2)25-19(23-14)13-22-20(21-3)24-18-11-9-17(10-12-18)16-7-5-4-6-8-16/h4-8,17-18H,9-13H2,1-3H3,(H2,21,22,24). The Labute approximate surface area is 154 Å². The van der Waals surface area contributed by atoms with E-state index < -0.39 is 0 Å². The van der Waals surface area contributed by atoms with Crippen LogP contribution >= 0.6 is 11.3 Å². The van der Waals surface area contributed by atoms with Gasteiger partial charge in [-0.15, -0.1) is 11.3 Å². The first kappa shape index (κ1) is 17.9. The fourth-order valence-electron chi connectivity index (χ4n) is 3.46. The number of thiazole rings is 1. The van der Waals surface area contributed by atoms with E-state index in [1.165, 1.54) is 36.1 Å². The van der Waals surface area contributed by atoms with Crippen molar-refractivity contribution < 1.29 is 0 Å². The van der Waals surface area contributed by atoms with Gasteiger partial charge in [-0.2, -0.15) is 0 Å². The van der Waals surface area contributed by atoms with Gasteiger partial charge >= 0.3 is 0 Å². The van der Waals surface area contributed by atoms with Crippen LogP contribution in [-0.4, -0.2) is 24.0 Å². The number of guanidine groups is 1. The molecule has 4 nitrogen and oxygen atoms in total. The molecule has 1 aromatic carbocycles. The highest BCUT2D eigenvalue weighted by atomic mass is 32.1. The Morgan fingerprint density at radius 1 is 1.16 bits per heavy atom. The van der Waals surface area contributed by atoms with Gasteiger partial charge in [-0.05, 0) is 51.0 Å². The Morgan fingerprint density at radius 3 is 2.48 bits per heavy atom. The number of nitrogens with zero attached hydrogens (tertiary/aromatic N) is 2. The predicted molar refractivity (Wildman–Crippen MR) is 106 cm³/mol. The maximum atomic E-state index is 4.58. The molecule has 1 aliphatic carbocycles. The molecule has 0 aliphatic heterocycles. The molecule has 1 fully saturated rings. The van der Waals surface area contributed by atoms with E-state index in [1.54, 1.807) is 11.3 Å². The van der Waals surface area contributed by atoms with E-state index in [0.29, 0.717) is 12.0 Å². The zero-order valence-electron chi connectivity index (χ0n) is 15.4. The SMILES string of the molecule is CN=C(NCc1nc(C)c(C)s1)NC1CCC(c2ccccc2)CC1. The number of aryl methyl sites for hydroxylation is 2. The molecule has 0 bridgehead atoms. The Hall–Kier alpha value is -1.88. The number of hydrogen-bond donors (Lipinski definition) is 2. The van der Waals surface area contributed by atoms with Gasteiger partial charge in [-0.25, -0.2) is 4.98 Å². The van der Waals surface area contributed by atoms with Crippen molar-refractivity contribution in [1.82, 2.24) is 15.6 Å². The lowest BCUT2D eigenvalue weighted by Crippen LogP contribution is -2.44. The molecule has 25 heavy (non-hydrogen) atoms. The van der Waals surface area contributed by atoms with Crippen LogP contribution < -0.4 is 10.6 Å². The molecule has 1 aromatic heterocycles. The van der Waals surface area contributed by atoms with Crippen LogP contribution in [0.25, 0.3) is 0 Å². The number of aromatic nitrogens is 1. The lowest BCUT2D eigenvalue weighted by atomic mass is 9.82. The number of rotatable bonds is 4. The third-order valence-electron chi connectivity index (χ3n) is 5.04. The normalized spacial score (nSPS) is 21.2. The molecule has 2 N–H and O–H groups in total. The van der Waals surface area contributed by atoms with E-state index in [0.717, 1.165) is 23.2 Å². The van der Waals surface area contributed by atoms with Crippen molar-refractivity contribution in [2.45, 2.75) is 58.0 Å². The maximum absolute atomic E-state index is 4.58. The molecule has 1 saturated carbocycles. The van der Waals surface area contributed by atoms with Gasteiger partial charge in [0.25, 0.3) is 0 Å². The highest BCUT2D eigenvalue weighted by Gasteiger charge is 2.22. The van der Waals surface area contributed by atoms with Crippen LogP contribution in [0.2, 0.25) is 0 Å². The van der Waals surface area contributed by atoms with Crippen molar-refractivity contribution in [3.63, 3.8) is 0 Å². The highest BCUT2D eigenvalue weighted by molar-refractivity contribution is 7.11. The second-order valence-electron chi connectivity index (χ2n) is 6.78. The molecule has 0 saturated heterocycles. The van der Waals surface area contributed by atoms with E-state index >= 15 is 0 Å². The van der Waals surface area contributed by atoms with E-state index in [2.05, 4.69) is 64.8 Å². The molecule has 2 aromatic rings. The summed E-state index contributed by atoms with van der Waals surface area (Å²) in [7, 11) is 1.84. The number of benzene rings is 1.